The maximum Gasteiger partial charge on any atom is 0.185 e. The van der Waals surface area contributed by atoms with Crippen molar-refractivity contribution in [3.63, 3.8) is 0 Å². The normalized spacial score (nSPS) is 11.5. The number of nitrogens with two attached hydrogens (primary N) is 1. The maximum atomic E-state index is 12.3. The topological polar surface area (TPSA) is 69.4 Å². The van der Waals surface area contributed by atoms with Crippen LogP contribution in [0.5, 0.6) is 5.75 Å². The maximum absolute atomic E-state index is 12.3. The van der Waals surface area contributed by atoms with Crippen LogP contribution >= 0.6 is 22.9 Å². The van der Waals surface area contributed by atoms with Gasteiger partial charge in [0, 0.05) is 10.9 Å². The van der Waals surface area contributed by atoms with Gasteiger partial charge in [-0.25, -0.2) is 8.42 Å². The first-order chi connectivity index (χ1) is 8.92. The Balaban J connectivity index is 2.39. The molecule has 19 heavy (non-hydrogen) atoms. The summed E-state index contributed by atoms with van der Waals surface area (Å²) in [7, 11) is -2.04. The van der Waals surface area contributed by atoms with E-state index in [1.165, 1.54) is 30.6 Å². The van der Waals surface area contributed by atoms with Gasteiger partial charge < -0.3 is 10.5 Å². The number of hydrogen-bond acceptors (Lipinski definition) is 5. The first kappa shape index (κ1) is 14.2. The highest BCUT2D eigenvalue weighted by atomic mass is 35.5. The van der Waals surface area contributed by atoms with Crippen molar-refractivity contribution >= 4 is 38.5 Å². The van der Waals surface area contributed by atoms with Crippen LogP contribution in [0.3, 0.4) is 0 Å². The third kappa shape index (κ3) is 3.20. The van der Waals surface area contributed by atoms with E-state index in [0.29, 0.717) is 15.0 Å². The zero-order valence-electron chi connectivity index (χ0n) is 10.1. The van der Waals surface area contributed by atoms with Crippen molar-refractivity contribution in [3.05, 3.63) is 39.5 Å². The monoisotopic (exact) mass is 317 g/mol. The molecule has 1 heterocycles. The van der Waals surface area contributed by atoms with Gasteiger partial charge in [-0.3, -0.25) is 0 Å². The van der Waals surface area contributed by atoms with Crippen LogP contribution in [0.4, 0.5) is 5.69 Å². The number of hydrogen-bond donors (Lipinski definition) is 1. The van der Waals surface area contributed by atoms with Gasteiger partial charge in [0.1, 0.15) is 5.75 Å². The molecule has 0 unspecified atom stereocenters. The molecule has 0 radical (unpaired) electrons. The quantitative estimate of drug-likeness (QED) is 0.880. The van der Waals surface area contributed by atoms with Crippen LogP contribution in [0.25, 0.3) is 0 Å². The van der Waals surface area contributed by atoms with Crippen molar-refractivity contribution in [2.45, 2.75) is 10.6 Å². The predicted octanol–water partition coefficient (Wildman–Crippen LogP) is 2.97. The largest absolute Gasteiger partial charge is 0.497 e. The molecule has 0 saturated heterocycles. The minimum absolute atomic E-state index is 0.0800. The Labute approximate surface area is 120 Å². The van der Waals surface area contributed by atoms with Gasteiger partial charge in [0.15, 0.2) is 9.84 Å². The molecule has 102 valence electrons. The van der Waals surface area contributed by atoms with Crippen LogP contribution in [0, 0.1) is 0 Å². The molecule has 0 fully saturated rings. The standard InChI is InChI=1S/C12H12ClNO3S2/c1-17-8-2-4-10(14)11(6-8)19(15,16)7-9-3-5-12(13)18-9/h2-6H,7,14H2,1H3. The van der Waals surface area contributed by atoms with Gasteiger partial charge in [-0.15, -0.1) is 11.3 Å². The van der Waals surface area contributed by atoms with Gasteiger partial charge in [-0.2, -0.15) is 0 Å². The Bertz CT molecular complexity index is 695. The van der Waals surface area contributed by atoms with E-state index in [9.17, 15) is 8.42 Å². The molecule has 0 saturated carbocycles. The third-order valence-corrected chi connectivity index (χ3v) is 5.65. The fourth-order valence-electron chi connectivity index (χ4n) is 1.61. The van der Waals surface area contributed by atoms with Crippen LogP contribution in [0.2, 0.25) is 4.34 Å². The fourth-order valence-corrected chi connectivity index (χ4v) is 4.54. The van der Waals surface area contributed by atoms with Crippen molar-refractivity contribution in [3.8, 4) is 5.75 Å². The highest BCUT2D eigenvalue weighted by Crippen LogP contribution is 2.29. The van der Waals surface area contributed by atoms with Crippen molar-refractivity contribution in [1.82, 2.24) is 0 Å². The second-order valence-corrected chi connectivity index (χ2v) is 7.63. The molecule has 7 heteroatoms. The zero-order valence-corrected chi connectivity index (χ0v) is 12.5. The van der Waals surface area contributed by atoms with Crippen LogP contribution in [0.1, 0.15) is 4.88 Å². The van der Waals surface area contributed by atoms with Gasteiger partial charge in [-0.05, 0) is 24.3 Å². The summed E-state index contributed by atoms with van der Waals surface area (Å²) in [6.45, 7) is 0. The van der Waals surface area contributed by atoms with E-state index in [4.69, 9.17) is 22.1 Å². The predicted molar refractivity (Wildman–Crippen MR) is 77.6 cm³/mol. The van der Waals surface area contributed by atoms with E-state index in [1.54, 1.807) is 18.2 Å². The molecule has 0 aliphatic heterocycles. The zero-order chi connectivity index (χ0) is 14.0. The molecule has 0 amide bonds. The first-order valence-electron chi connectivity index (χ1n) is 5.33. The third-order valence-electron chi connectivity index (χ3n) is 2.52. The number of methoxy groups -OCH3 is 1. The number of rotatable bonds is 4. The smallest absolute Gasteiger partial charge is 0.185 e. The summed E-state index contributed by atoms with van der Waals surface area (Å²) < 4.78 is 30.2. The summed E-state index contributed by atoms with van der Waals surface area (Å²) >= 11 is 7.03. The number of benzene rings is 1. The average Bonchev–Trinajstić information content (AvgIpc) is 2.74. The van der Waals surface area contributed by atoms with Crippen molar-refractivity contribution in [2.75, 3.05) is 12.8 Å². The summed E-state index contributed by atoms with van der Waals surface area (Å²) in [5.74, 6) is 0.332. The van der Waals surface area contributed by atoms with E-state index >= 15 is 0 Å². The lowest BCUT2D eigenvalue weighted by Crippen LogP contribution is -2.07. The number of thiophene rings is 1. The Kier molecular flexibility index (Phi) is 4.03. The van der Waals surface area contributed by atoms with E-state index in [1.807, 2.05) is 0 Å². The molecule has 0 spiro atoms. The van der Waals surface area contributed by atoms with E-state index in [-0.39, 0.29) is 16.3 Å². The van der Waals surface area contributed by atoms with E-state index in [0.717, 1.165) is 0 Å². The van der Waals surface area contributed by atoms with Crippen LogP contribution < -0.4 is 10.5 Å². The molecule has 0 aliphatic rings. The molecule has 1 aromatic heterocycles. The summed E-state index contributed by atoms with van der Waals surface area (Å²) in [6.07, 6.45) is 0. The number of anilines is 1. The minimum Gasteiger partial charge on any atom is -0.497 e. The first-order valence-corrected chi connectivity index (χ1v) is 8.17. The van der Waals surface area contributed by atoms with E-state index in [2.05, 4.69) is 0 Å². The number of sulfone groups is 1. The summed E-state index contributed by atoms with van der Waals surface area (Å²) in [6, 6.07) is 7.94. The summed E-state index contributed by atoms with van der Waals surface area (Å²) in [5, 5.41) is 0. The minimum atomic E-state index is -3.52. The summed E-state index contributed by atoms with van der Waals surface area (Å²) in [4.78, 5) is 0.753. The second kappa shape index (κ2) is 5.40. The molecule has 2 rings (SSSR count). The van der Waals surface area contributed by atoms with Crippen molar-refractivity contribution < 1.29 is 13.2 Å². The summed E-state index contributed by atoms with van der Waals surface area (Å²) in [5.41, 5.74) is 5.94. The van der Waals surface area contributed by atoms with E-state index < -0.39 is 9.84 Å². The van der Waals surface area contributed by atoms with Gasteiger partial charge >= 0.3 is 0 Å². The highest BCUT2D eigenvalue weighted by Gasteiger charge is 2.20. The molecule has 0 atom stereocenters. The average molecular weight is 318 g/mol. The second-order valence-electron chi connectivity index (χ2n) is 3.87. The number of halogens is 1. The fraction of sp³-hybridized carbons (Fsp3) is 0.167. The van der Waals surface area contributed by atoms with Gasteiger partial charge in [-0.1, -0.05) is 11.6 Å². The van der Waals surface area contributed by atoms with Crippen molar-refractivity contribution in [2.24, 2.45) is 0 Å². The Hall–Kier alpha value is -1.24. The highest BCUT2D eigenvalue weighted by molar-refractivity contribution is 7.91. The molecule has 2 N–H and O–H groups in total. The van der Waals surface area contributed by atoms with Crippen molar-refractivity contribution in [1.29, 1.82) is 0 Å². The molecule has 4 nitrogen and oxygen atoms in total. The van der Waals surface area contributed by atoms with Gasteiger partial charge in [0.05, 0.1) is 27.8 Å². The molecule has 1 aromatic carbocycles. The van der Waals surface area contributed by atoms with Crippen LogP contribution in [-0.4, -0.2) is 15.5 Å². The molecular formula is C12H12ClNO3S2. The lowest BCUT2D eigenvalue weighted by Gasteiger charge is -2.08. The molecule has 0 bridgehead atoms. The SMILES string of the molecule is COc1ccc(N)c(S(=O)(=O)Cc2ccc(Cl)s2)c1. The Morgan fingerprint density at radius 3 is 2.63 bits per heavy atom. The van der Waals surface area contributed by atoms with Gasteiger partial charge in [0.25, 0.3) is 0 Å². The Morgan fingerprint density at radius 2 is 2.05 bits per heavy atom. The molecule has 2 aromatic rings. The number of ether oxygens (including phenoxy) is 1. The van der Waals surface area contributed by atoms with Crippen LogP contribution in [0.15, 0.2) is 35.2 Å². The Morgan fingerprint density at radius 1 is 1.32 bits per heavy atom. The lowest BCUT2D eigenvalue weighted by atomic mass is 10.3. The lowest BCUT2D eigenvalue weighted by molar-refractivity contribution is 0.413. The van der Waals surface area contributed by atoms with Crippen LogP contribution in [-0.2, 0) is 15.6 Å². The van der Waals surface area contributed by atoms with Gasteiger partial charge in [0.2, 0.25) is 0 Å². The molecular weight excluding hydrogens is 306 g/mol. The number of nitrogen functional groups attached to an aromatic ring is 1. The molecule has 0 aliphatic carbocycles.